The number of hydrogen-bond acceptors (Lipinski definition) is 11. The molecule has 31 rings (SSSR count). The fourth-order valence-electron chi connectivity index (χ4n) is 28.1. The van der Waals surface area contributed by atoms with Crippen LogP contribution in [0.1, 0.15) is 175 Å². The molecule has 0 spiro atoms. The molecule has 10 aliphatic rings. The third-order valence-electron chi connectivity index (χ3n) is 30.4. The molecule has 0 N–H and O–H groups in total. The summed E-state index contributed by atoms with van der Waals surface area (Å²) < 4.78 is 28.9. The summed E-state index contributed by atoms with van der Waals surface area (Å²) in [5, 5.41) is 54.0. The Morgan fingerprint density at radius 1 is 0.248 bits per heavy atom. The molecule has 21 aromatic carbocycles. The second-order valence-electron chi connectivity index (χ2n) is 38.1. The number of hydrogen-bond donors (Lipinski definition) is 0. The maximum atomic E-state index is 9.84. The average Bonchev–Trinajstić information content (AvgIpc) is 1.37. The van der Waals surface area contributed by atoms with E-state index in [-0.39, 0.29) is 0 Å². The van der Waals surface area contributed by atoms with E-state index in [1.54, 1.807) is 0 Å². The molecule has 9 aliphatic carbocycles. The molecule has 21 aromatic rings. The Kier molecular flexibility index (Phi) is 6.87. The van der Waals surface area contributed by atoms with Gasteiger partial charge in [-0.2, -0.15) is 0 Å². The Bertz CT molecular complexity index is 7790. The zero-order valence-corrected chi connectivity index (χ0v) is 61.7. The van der Waals surface area contributed by atoms with Gasteiger partial charge in [0, 0.05) is 115 Å². The quantitative estimate of drug-likeness (QED) is 0.0355. The summed E-state index contributed by atoms with van der Waals surface area (Å²) in [6.45, 7) is 40.1. The highest BCUT2D eigenvalue weighted by atomic mass is 28.4. The van der Waals surface area contributed by atoms with Gasteiger partial charge in [0.1, 0.15) is 5.75 Å². The van der Waals surface area contributed by atoms with Gasteiger partial charge in [-0.1, -0.05) is 41.5 Å². The van der Waals surface area contributed by atoms with Crippen molar-refractivity contribution in [1.82, 2.24) is 0 Å². The SMILES string of the molecule is CC[Si](CC)(CC)O[C@@]12C3=C4C5=C1[C@]1(OOC(C)(C)C)c6c7c8c9c(c%10c%11c%12c(c%13c%14c%15c(c%16c%17c%18c(c1c1c6c6c8c8c%19c9c%11c9c%11c%12c%14c%12c%14c%15c%17c%15c%17c%18c1c1c6c8c6c(c9%19)c(c%12%11)c(c%15%14)c6c1%17)[C@]2(O[Si](CC)(CC)CC)O%16)[C@@]3%13OOC(C)(C)C)[C@@]4%10OOC(C)(C)C)[C@@]57OOC(C)(C)C. The van der Waals surface area contributed by atoms with Crippen molar-refractivity contribution >= 4 is 232 Å². The van der Waals surface area contributed by atoms with Crippen LogP contribution in [0.15, 0.2) is 22.3 Å². The van der Waals surface area contributed by atoms with Crippen LogP contribution in [0, 0.1) is 0 Å². The molecule has 492 valence electrons. The number of rotatable bonds is 18. The predicted octanol–water partition coefficient (Wildman–Crippen LogP) is 22.8. The van der Waals surface area contributed by atoms with E-state index in [4.69, 9.17) is 39.1 Å². The van der Waals surface area contributed by atoms with E-state index in [0.29, 0.717) is 0 Å². The lowest BCUT2D eigenvalue weighted by Gasteiger charge is -2.63. The van der Waals surface area contributed by atoms with Gasteiger partial charge >= 0.3 is 0 Å². The van der Waals surface area contributed by atoms with E-state index >= 15 is 0 Å². The van der Waals surface area contributed by atoms with Gasteiger partial charge in [-0.05, 0) is 292 Å². The summed E-state index contributed by atoms with van der Waals surface area (Å²) in [5.74, 6) is -0.971. The Labute approximate surface area is 576 Å². The fraction of sp³-hybridized carbons (Fsp3) is 0.386. The van der Waals surface area contributed by atoms with Gasteiger partial charge in [0.25, 0.3) is 5.79 Å². The highest BCUT2D eigenvalue weighted by molar-refractivity contribution is 6.78. The standard InChI is InChI=1S/C88H66O11Si2/c1-19-100(20-2,21-3)98-87-77-74-75-78(87)86(97-93-82(16,17)18)70-61-50-41-32-27-25-26-28-29(27)34-42(41)53-54-44(34)43-33(28)40-39-31(26)37-35-30(25)36-38(32)48(50)58-56-46(36)45(35)55-57-47(37)49(39)59-60-51(40)52(43)63-64(54)76(73(86)62(53)61)89-88(87,99-101(22-4,23-5)24-6)72(63)71(60)85(77,96-92-81(13,14)15)69(59)67(57)83(74,94-90-79(7,8)9)65(55)66(56)84(75,68(58)70)95-91-80(10,11)12/h19-24H2,1-18H3/t83-,84+,85-,86+,87+,88+/m0/s1. The van der Waals surface area contributed by atoms with Crippen molar-refractivity contribution in [2.24, 2.45) is 0 Å². The Morgan fingerprint density at radius 3 is 0.733 bits per heavy atom. The summed E-state index contributed by atoms with van der Waals surface area (Å²) in [6.07, 6.45) is 0. The van der Waals surface area contributed by atoms with Crippen LogP contribution in [0.25, 0.3) is 215 Å². The average molecular weight is 1360 g/mol. The van der Waals surface area contributed by atoms with Crippen LogP contribution < -0.4 is 4.74 Å². The van der Waals surface area contributed by atoms with Crippen LogP contribution in [-0.4, -0.2) is 44.6 Å². The van der Waals surface area contributed by atoms with E-state index in [1.165, 1.54) is 210 Å². The molecule has 1 aliphatic heterocycles. The van der Waals surface area contributed by atoms with E-state index in [9.17, 15) is 13.6 Å². The maximum Gasteiger partial charge on any atom is 0.266 e. The van der Waals surface area contributed by atoms with Crippen LogP contribution >= 0.6 is 0 Å². The minimum absolute atomic E-state index is 0.801. The molecular weight excluding hydrogens is 1290 g/mol. The van der Waals surface area contributed by atoms with Crippen molar-refractivity contribution in [3.8, 4) is 5.75 Å². The van der Waals surface area contributed by atoms with Crippen LogP contribution in [0.2, 0.25) is 36.3 Å². The normalized spacial score (nSPS) is 27.2. The molecule has 6 atom stereocenters. The maximum absolute atomic E-state index is 9.84. The summed E-state index contributed by atoms with van der Waals surface area (Å²) in [7, 11) is -6.30. The number of benzene rings is 15. The van der Waals surface area contributed by atoms with Crippen molar-refractivity contribution in [3.05, 3.63) is 72.4 Å². The number of fused-ring (bicyclic) bond motifs is 5. The molecule has 11 nitrogen and oxygen atoms in total. The monoisotopic (exact) mass is 1350 g/mol. The Balaban J connectivity index is 1.04. The molecule has 1 heterocycles. The van der Waals surface area contributed by atoms with Crippen molar-refractivity contribution in [1.29, 1.82) is 0 Å². The molecule has 13 heteroatoms. The largest absolute Gasteiger partial charge is 0.454 e. The minimum Gasteiger partial charge on any atom is -0.454 e. The van der Waals surface area contributed by atoms with Gasteiger partial charge in [-0.25, -0.2) is 39.1 Å². The lowest BCUT2D eigenvalue weighted by Crippen LogP contribution is -2.73. The molecule has 0 saturated carbocycles. The fourth-order valence-corrected chi connectivity index (χ4v) is 33.9. The third kappa shape index (κ3) is 3.83. The lowest BCUT2D eigenvalue weighted by molar-refractivity contribution is -0.409. The summed E-state index contributed by atoms with van der Waals surface area (Å²) in [4.78, 5) is 65.3. The van der Waals surface area contributed by atoms with Crippen LogP contribution in [0.4, 0.5) is 0 Å². The molecule has 0 fully saturated rings. The highest BCUT2D eigenvalue weighted by Gasteiger charge is 2.90. The molecule has 0 aromatic heterocycles. The van der Waals surface area contributed by atoms with Crippen molar-refractivity contribution in [2.75, 3.05) is 0 Å². The molecule has 0 amide bonds. The highest BCUT2D eigenvalue weighted by Crippen LogP contribution is 2.92. The van der Waals surface area contributed by atoms with Gasteiger partial charge in [-0.15, -0.1) is 0 Å². The molecule has 0 radical (unpaired) electrons. The second-order valence-corrected chi connectivity index (χ2v) is 47.5. The first-order valence-corrected chi connectivity index (χ1v) is 43.2. The van der Waals surface area contributed by atoms with E-state index in [2.05, 4.69) is 125 Å². The van der Waals surface area contributed by atoms with Gasteiger partial charge in [0.15, 0.2) is 44.6 Å². The zero-order valence-electron chi connectivity index (χ0n) is 59.7. The first kappa shape index (κ1) is 52.7. The Hall–Kier alpha value is -7.19. The summed E-state index contributed by atoms with van der Waals surface area (Å²) in [5.41, 5.74) is 1.54. The lowest BCUT2D eigenvalue weighted by atomic mass is 9.55. The summed E-state index contributed by atoms with van der Waals surface area (Å²) in [6, 6.07) is 4.91. The smallest absolute Gasteiger partial charge is 0.266 e. The zero-order chi connectivity index (χ0) is 67.2. The first-order valence-electron chi connectivity index (χ1n) is 38.1. The molecule has 0 bridgehead atoms. The van der Waals surface area contributed by atoms with Crippen molar-refractivity contribution in [2.45, 2.75) is 217 Å². The van der Waals surface area contributed by atoms with E-state index < -0.39 is 72.8 Å². The molecule has 0 unspecified atom stereocenters. The minimum atomic E-state index is -3.22. The van der Waals surface area contributed by atoms with Gasteiger partial charge in [0.05, 0.1) is 22.4 Å². The van der Waals surface area contributed by atoms with Gasteiger partial charge < -0.3 is 13.6 Å². The van der Waals surface area contributed by atoms with Crippen molar-refractivity contribution < 1.29 is 52.7 Å². The van der Waals surface area contributed by atoms with Gasteiger partial charge in [0.2, 0.25) is 0 Å². The van der Waals surface area contributed by atoms with Crippen LogP contribution in [0.3, 0.4) is 0 Å². The second kappa shape index (κ2) is 13.2. The topological polar surface area (TPSA) is 102 Å². The summed E-state index contributed by atoms with van der Waals surface area (Å²) >= 11 is 0. The van der Waals surface area contributed by atoms with Gasteiger partial charge in [-0.3, -0.25) is 0 Å². The first-order chi connectivity index (χ1) is 48.3. The molecular formula is C88H66O11Si2. The number of ether oxygens (including phenoxy) is 1. The van der Waals surface area contributed by atoms with Crippen LogP contribution in [0.5, 0.6) is 5.75 Å². The van der Waals surface area contributed by atoms with E-state index in [0.717, 1.165) is 120 Å². The molecule has 0 saturated heterocycles. The predicted molar refractivity (Wildman–Crippen MR) is 404 cm³/mol. The van der Waals surface area contributed by atoms with Crippen molar-refractivity contribution in [3.63, 3.8) is 0 Å². The van der Waals surface area contributed by atoms with Crippen LogP contribution in [-0.2, 0) is 76.1 Å². The van der Waals surface area contributed by atoms with E-state index in [1.807, 2.05) is 0 Å². The third-order valence-corrected chi connectivity index (χ3v) is 39.6. The molecule has 101 heavy (non-hydrogen) atoms. The Morgan fingerprint density at radius 2 is 0.455 bits per heavy atom.